The first-order chi connectivity index (χ1) is 16.9. The molecule has 0 heterocycles. The Kier molecular flexibility index (Phi) is 7.60. The molecule has 7 nitrogen and oxygen atoms in total. The quantitative estimate of drug-likeness (QED) is 0.375. The van der Waals surface area contributed by atoms with Crippen molar-refractivity contribution >= 4 is 23.7 Å². The Morgan fingerprint density at radius 2 is 1.69 bits per heavy atom. The summed E-state index contributed by atoms with van der Waals surface area (Å²) in [6.07, 6.45) is 6.44. The van der Waals surface area contributed by atoms with Gasteiger partial charge in [0.1, 0.15) is 18.0 Å². The second-order valence-corrected chi connectivity index (χ2v) is 12.6. The Morgan fingerprint density at radius 3 is 2.33 bits per heavy atom. The molecule has 0 aromatic heterocycles. The molecule has 0 amide bonds. The number of Topliss-reactive ketones (excluding diaryl/α,β-unsaturated/α-hetero) is 1. The van der Waals surface area contributed by atoms with Crippen LogP contribution in [0, 0.1) is 46.3 Å². The number of ketones is 1. The van der Waals surface area contributed by atoms with E-state index >= 15 is 0 Å². The third-order valence-corrected chi connectivity index (χ3v) is 10.9. The van der Waals surface area contributed by atoms with Crippen LogP contribution in [-0.4, -0.2) is 43.0 Å². The number of methoxy groups -OCH3 is 1. The minimum absolute atomic E-state index is 0.0382. The Bertz CT molecular complexity index is 898. The Labute approximate surface area is 215 Å². The van der Waals surface area contributed by atoms with Crippen LogP contribution in [0.4, 0.5) is 0 Å². The van der Waals surface area contributed by atoms with Crippen LogP contribution in [0.1, 0.15) is 92.4 Å². The van der Waals surface area contributed by atoms with Gasteiger partial charge < -0.3 is 14.2 Å². The average Bonchev–Trinajstić information content (AvgIpc) is 3.16. The SMILES string of the molecule is COC(=O)CC[C@H](C)[C@H]1CCC2C3C(CC(=O)[C@@]21C)[C@@]1(C)CC[C@@H](OC(C)=O)C[C@H]1C[C@H]3OC(C)=O. The zero-order valence-corrected chi connectivity index (χ0v) is 22.8. The molecular weight excluding hydrogens is 460 g/mol. The van der Waals surface area contributed by atoms with Gasteiger partial charge in [-0.1, -0.05) is 20.8 Å². The fraction of sp³-hybridized carbons (Fsp3) is 0.862. The fourth-order valence-electron chi connectivity index (χ4n) is 9.14. The lowest BCUT2D eigenvalue weighted by molar-refractivity contribution is -0.196. The van der Waals surface area contributed by atoms with Crippen molar-refractivity contribution in [2.75, 3.05) is 7.11 Å². The summed E-state index contributed by atoms with van der Waals surface area (Å²) in [4.78, 5) is 49.7. The molecule has 0 saturated heterocycles. The van der Waals surface area contributed by atoms with E-state index in [2.05, 4.69) is 20.8 Å². The van der Waals surface area contributed by atoms with Gasteiger partial charge >= 0.3 is 17.9 Å². The number of rotatable bonds is 6. The minimum atomic E-state index is -0.465. The molecule has 202 valence electrons. The van der Waals surface area contributed by atoms with E-state index in [0.29, 0.717) is 25.0 Å². The first-order valence-corrected chi connectivity index (χ1v) is 13.9. The van der Waals surface area contributed by atoms with Crippen molar-refractivity contribution in [3.63, 3.8) is 0 Å². The van der Waals surface area contributed by atoms with Gasteiger partial charge in [0.05, 0.1) is 7.11 Å². The number of esters is 3. The highest BCUT2D eigenvalue weighted by atomic mass is 16.5. The third-order valence-electron chi connectivity index (χ3n) is 10.9. The number of ether oxygens (including phenoxy) is 3. The van der Waals surface area contributed by atoms with Crippen molar-refractivity contribution in [2.24, 2.45) is 46.3 Å². The van der Waals surface area contributed by atoms with Gasteiger partial charge in [0, 0.05) is 38.0 Å². The van der Waals surface area contributed by atoms with E-state index < -0.39 is 5.41 Å². The van der Waals surface area contributed by atoms with E-state index in [0.717, 1.165) is 38.5 Å². The Balaban J connectivity index is 1.62. The summed E-state index contributed by atoms with van der Waals surface area (Å²) in [7, 11) is 1.41. The molecular formula is C29H44O7. The highest BCUT2D eigenvalue weighted by Crippen LogP contribution is 2.67. The van der Waals surface area contributed by atoms with E-state index in [1.165, 1.54) is 21.0 Å². The molecule has 0 bridgehead atoms. The molecule has 4 aliphatic rings. The molecule has 0 spiro atoms. The van der Waals surface area contributed by atoms with E-state index in [9.17, 15) is 19.2 Å². The summed E-state index contributed by atoms with van der Waals surface area (Å²) in [5, 5.41) is 0. The van der Waals surface area contributed by atoms with Gasteiger partial charge in [0.15, 0.2) is 0 Å². The maximum atomic E-state index is 14.0. The molecule has 0 radical (unpaired) electrons. The molecule has 4 saturated carbocycles. The second kappa shape index (κ2) is 10.1. The van der Waals surface area contributed by atoms with Crippen LogP contribution in [0.2, 0.25) is 0 Å². The van der Waals surface area contributed by atoms with E-state index in [-0.39, 0.29) is 71.0 Å². The molecule has 0 N–H and O–H groups in total. The molecule has 10 atom stereocenters. The van der Waals surface area contributed by atoms with E-state index in [1.807, 2.05) is 0 Å². The van der Waals surface area contributed by atoms with Crippen molar-refractivity contribution in [1.82, 2.24) is 0 Å². The van der Waals surface area contributed by atoms with Gasteiger partial charge in [-0.05, 0) is 80.0 Å². The van der Waals surface area contributed by atoms with Gasteiger partial charge in [-0.2, -0.15) is 0 Å². The first-order valence-electron chi connectivity index (χ1n) is 13.9. The number of fused-ring (bicyclic) bond motifs is 5. The molecule has 0 aromatic rings. The van der Waals surface area contributed by atoms with Crippen molar-refractivity contribution < 1.29 is 33.4 Å². The predicted octanol–water partition coefficient (Wildman–Crippen LogP) is 4.89. The number of carbonyl (C=O) groups is 4. The molecule has 4 fully saturated rings. The second-order valence-electron chi connectivity index (χ2n) is 12.6. The molecule has 3 unspecified atom stereocenters. The summed E-state index contributed by atoms with van der Waals surface area (Å²) in [6, 6.07) is 0. The van der Waals surface area contributed by atoms with Crippen LogP contribution < -0.4 is 0 Å². The van der Waals surface area contributed by atoms with Crippen LogP contribution in [0.3, 0.4) is 0 Å². The van der Waals surface area contributed by atoms with Crippen LogP contribution in [0.25, 0.3) is 0 Å². The normalized spacial score (nSPS) is 42.4. The fourth-order valence-corrected chi connectivity index (χ4v) is 9.14. The highest BCUT2D eigenvalue weighted by Gasteiger charge is 2.66. The Morgan fingerprint density at radius 1 is 1.00 bits per heavy atom. The molecule has 0 aromatic carbocycles. The Hall–Kier alpha value is -1.92. The zero-order valence-electron chi connectivity index (χ0n) is 22.8. The van der Waals surface area contributed by atoms with Crippen molar-refractivity contribution in [3.8, 4) is 0 Å². The van der Waals surface area contributed by atoms with Gasteiger partial charge in [-0.3, -0.25) is 19.2 Å². The number of hydrogen-bond acceptors (Lipinski definition) is 7. The monoisotopic (exact) mass is 504 g/mol. The van der Waals surface area contributed by atoms with Gasteiger partial charge in [-0.25, -0.2) is 0 Å². The van der Waals surface area contributed by atoms with E-state index in [1.54, 1.807) is 0 Å². The predicted molar refractivity (Wildman–Crippen MR) is 133 cm³/mol. The van der Waals surface area contributed by atoms with Gasteiger partial charge in [0.2, 0.25) is 0 Å². The topological polar surface area (TPSA) is 96.0 Å². The van der Waals surface area contributed by atoms with Crippen molar-refractivity contribution in [2.45, 2.75) is 105 Å². The van der Waals surface area contributed by atoms with Gasteiger partial charge in [0.25, 0.3) is 0 Å². The first kappa shape index (κ1) is 27.1. The van der Waals surface area contributed by atoms with Crippen LogP contribution >= 0.6 is 0 Å². The van der Waals surface area contributed by atoms with Crippen LogP contribution in [0.15, 0.2) is 0 Å². The molecule has 4 aliphatic carbocycles. The maximum absolute atomic E-state index is 14.0. The van der Waals surface area contributed by atoms with Crippen LogP contribution in [-0.2, 0) is 33.4 Å². The smallest absolute Gasteiger partial charge is 0.305 e. The summed E-state index contributed by atoms with van der Waals surface area (Å²) in [6.45, 7) is 9.57. The molecule has 36 heavy (non-hydrogen) atoms. The average molecular weight is 505 g/mol. The standard InChI is InChI=1S/C29H44O7/c1-16(7-10-26(33)34-6)21-8-9-22-27-23(15-25(32)29(21,22)5)28(4)12-11-20(35-17(2)30)13-19(28)14-24(27)36-18(3)31/h16,19-24,27H,7-15H2,1-6H3/t16-,19-,20+,21+,22?,23?,24+,27?,28-,29+/m0/s1. The lowest BCUT2D eigenvalue weighted by Gasteiger charge is -2.62. The number of carbonyl (C=O) groups excluding carboxylic acids is 4. The summed E-state index contributed by atoms with van der Waals surface area (Å²) >= 11 is 0. The lowest BCUT2D eigenvalue weighted by Crippen LogP contribution is -2.62. The van der Waals surface area contributed by atoms with E-state index in [4.69, 9.17) is 14.2 Å². The molecule has 0 aliphatic heterocycles. The van der Waals surface area contributed by atoms with Crippen molar-refractivity contribution in [1.29, 1.82) is 0 Å². The van der Waals surface area contributed by atoms with Crippen molar-refractivity contribution in [3.05, 3.63) is 0 Å². The summed E-state index contributed by atoms with van der Waals surface area (Å²) in [5.41, 5.74) is -0.503. The number of hydrogen-bond donors (Lipinski definition) is 0. The lowest BCUT2D eigenvalue weighted by atomic mass is 9.43. The molecule has 4 rings (SSSR count). The molecule has 7 heteroatoms. The highest BCUT2D eigenvalue weighted by molar-refractivity contribution is 5.87. The minimum Gasteiger partial charge on any atom is -0.469 e. The summed E-state index contributed by atoms with van der Waals surface area (Å²) < 4.78 is 16.5. The maximum Gasteiger partial charge on any atom is 0.305 e. The zero-order chi connectivity index (χ0) is 26.4. The summed E-state index contributed by atoms with van der Waals surface area (Å²) in [5.74, 6) is 0.785. The van der Waals surface area contributed by atoms with Crippen LogP contribution in [0.5, 0.6) is 0 Å². The third kappa shape index (κ3) is 4.60. The largest absolute Gasteiger partial charge is 0.469 e. The van der Waals surface area contributed by atoms with Gasteiger partial charge in [-0.15, -0.1) is 0 Å².